The van der Waals surface area contributed by atoms with Crippen LogP contribution < -0.4 is 0 Å². The first-order chi connectivity index (χ1) is 11.7. The normalized spacial score (nSPS) is 21.0. The zero-order valence-corrected chi connectivity index (χ0v) is 14.8. The molecular weight excluding hydrogens is 304 g/mol. The minimum atomic E-state index is 0.156. The van der Waals surface area contributed by atoms with Crippen LogP contribution in [0.3, 0.4) is 0 Å². The molecule has 1 saturated heterocycles. The molecule has 6 heteroatoms. The lowest BCUT2D eigenvalue weighted by Crippen LogP contribution is -2.38. The molecule has 1 saturated carbocycles. The standard InChI is InChI=1S/C18H30N4O2/c1-20-13-16(12-19-20)14-21-8-5-9-22(11-10-21)18(23)15-24-17-6-3-2-4-7-17/h12-13,17H,2-11,14-15H2,1H3. The van der Waals surface area contributed by atoms with Gasteiger partial charge in [0.1, 0.15) is 6.61 Å². The smallest absolute Gasteiger partial charge is 0.248 e. The first kappa shape index (κ1) is 17.4. The van der Waals surface area contributed by atoms with Crippen LogP contribution in [0.25, 0.3) is 0 Å². The van der Waals surface area contributed by atoms with E-state index < -0.39 is 0 Å². The summed E-state index contributed by atoms with van der Waals surface area (Å²) in [5.74, 6) is 0.156. The fraction of sp³-hybridized carbons (Fsp3) is 0.778. The Balaban J connectivity index is 1.41. The van der Waals surface area contributed by atoms with E-state index in [0.29, 0.717) is 6.10 Å². The summed E-state index contributed by atoms with van der Waals surface area (Å²) in [6, 6.07) is 0. The van der Waals surface area contributed by atoms with E-state index in [2.05, 4.69) is 16.2 Å². The van der Waals surface area contributed by atoms with Gasteiger partial charge in [-0.1, -0.05) is 19.3 Å². The summed E-state index contributed by atoms with van der Waals surface area (Å²) in [6.45, 7) is 4.76. The van der Waals surface area contributed by atoms with Crippen LogP contribution >= 0.6 is 0 Å². The molecule has 0 bridgehead atoms. The quantitative estimate of drug-likeness (QED) is 0.824. The van der Waals surface area contributed by atoms with Crippen molar-refractivity contribution in [3.05, 3.63) is 18.0 Å². The topological polar surface area (TPSA) is 50.6 Å². The molecule has 2 aliphatic rings. The van der Waals surface area contributed by atoms with E-state index in [1.807, 2.05) is 22.8 Å². The Labute approximate surface area is 144 Å². The summed E-state index contributed by atoms with van der Waals surface area (Å²) in [7, 11) is 1.94. The van der Waals surface area contributed by atoms with Gasteiger partial charge in [-0.05, 0) is 19.3 Å². The van der Waals surface area contributed by atoms with Crippen LogP contribution in [0, 0.1) is 0 Å². The molecule has 1 amide bonds. The molecule has 0 radical (unpaired) electrons. The van der Waals surface area contributed by atoms with Crippen molar-refractivity contribution in [1.82, 2.24) is 19.6 Å². The van der Waals surface area contributed by atoms with Crippen LogP contribution in [0.15, 0.2) is 12.4 Å². The van der Waals surface area contributed by atoms with Crippen LogP contribution in [0.5, 0.6) is 0 Å². The number of carbonyl (C=O) groups is 1. The minimum Gasteiger partial charge on any atom is -0.368 e. The Bertz CT molecular complexity index is 525. The number of aryl methyl sites for hydroxylation is 1. The third-order valence-electron chi connectivity index (χ3n) is 5.10. The maximum absolute atomic E-state index is 12.4. The number of amides is 1. The number of ether oxygens (including phenoxy) is 1. The molecule has 6 nitrogen and oxygen atoms in total. The predicted octanol–water partition coefficient (Wildman–Crippen LogP) is 1.80. The zero-order chi connectivity index (χ0) is 16.8. The minimum absolute atomic E-state index is 0.156. The molecule has 0 atom stereocenters. The Kier molecular flexibility index (Phi) is 6.26. The van der Waals surface area contributed by atoms with Gasteiger partial charge < -0.3 is 9.64 Å². The zero-order valence-electron chi connectivity index (χ0n) is 14.8. The molecule has 1 aromatic rings. The van der Waals surface area contributed by atoms with Crippen LogP contribution in [0.4, 0.5) is 0 Å². The molecule has 0 N–H and O–H groups in total. The van der Waals surface area contributed by atoms with Crippen molar-refractivity contribution in [3.63, 3.8) is 0 Å². The van der Waals surface area contributed by atoms with Gasteiger partial charge in [0.2, 0.25) is 5.91 Å². The van der Waals surface area contributed by atoms with E-state index >= 15 is 0 Å². The fourth-order valence-corrected chi connectivity index (χ4v) is 3.70. The number of hydrogen-bond donors (Lipinski definition) is 0. The average molecular weight is 334 g/mol. The van der Waals surface area contributed by atoms with Gasteiger partial charge in [0.05, 0.1) is 12.3 Å². The lowest BCUT2D eigenvalue weighted by atomic mass is 9.98. The lowest BCUT2D eigenvalue weighted by molar-refractivity contribution is -0.138. The highest BCUT2D eigenvalue weighted by molar-refractivity contribution is 5.77. The van der Waals surface area contributed by atoms with Gasteiger partial charge in [0.25, 0.3) is 0 Å². The molecule has 1 aliphatic heterocycles. The van der Waals surface area contributed by atoms with E-state index in [1.54, 1.807) is 0 Å². The first-order valence-corrected chi connectivity index (χ1v) is 9.30. The molecule has 0 aromatic carbocycles. The fourth-order valence-electron chi connectivity index (χ4n) is 3.70. The number of hydrogen-bond acceptors (Lipinski definition) is 4. The third kappa shape index (κ3) is 5.05. The summed E-state index contributed by atoms with van der Waals surface area (Å²) >= 11 is 0. The monoisotopic (exact) mass is 334 g/mol. The number of aromatic nitrogens is 2. The summed E-state index contributed by atoms with van der Waals surface area (Å²) in [5.41, 5.74) is 1.23. The number of nitrogens with zero attached hydrogens (tertiary/aromatic N) is 4. The van der Waals surface area contributed by atoms with Crippen LogP contribution in [0.2, 0.25) is 0 Å². The molecule has 1 aromatic heterocycles. The Morgan fingerprint density at radius 3 is 2.75 bits per heavy atom. The second-order valence-corrected chi connectivity index (χ2v) is 7.10. The van der Waals surface area contributed by atoms with Crippen molar-refractivity contribution in [1.29, 1.82) is 0 Å². The van der Waals surface area contributed by atoms with E-state index in [-0.39, 0.29) is 12.5 Å². The van der Waals surface area contributed by atoms with Gasteiger partial charge in [-0.3, -0.25) is 14.4 Å². The van der Waals surface area contributed by atoms with Crippen LogP contribution in [-0.4, -0.2) is 64.4 Å². The maximum Gasteiger partial charge on any atom is 0.248 e. The van der Waals surface area contributed by atoms with Gasteiger partial charge in [-0.2, -0.15) is 5.10 Å². The second-order valence-electron chi connectivity index (χ2n) is 7.10. The highest BCUT2D eigenvalue weighted by Gasteiger charge is 2.21. The molecule has 134 valence electrons. The average Bonchev–Trinajstić information content (AvgIpc) is 2.86. The van der Waals surface area contributed by atoms with Gasteiger partial charge in [0.15, 0.2) is 0 Å². The van der Waals surface area contributed by atoms with Crippen molar-refractivity contribution in [2.24, 2.45) is 7.05 Å². The molecule has 3 rings (SSSR count). The molecule has 2 heterocycles. The van der Waals surface area contributed by atoms with Gasteiger partial charge in [0, 0.05) is 51.5 Å². The summed E-state index contributed by atoms with van der Waals surface area (Å²) in [4.78, 5) is 16.8. The summed E-state index contributed by atoms with van der Waals surface area (Å²) < 4.78 is 7.69. The van der Waals surface area contributed by atoms with E-state index in [1.165, 1.54) is 24.8 Å². The Morgan fingerprint density at radius 2 is 2.00 bits per heavy atom. The summed E-state index contributed by atoms with van der Waals surface area (Å²) in [6.07, 6.45) is 11.3. The first-order valence-electron chi connectivity index (χ1n) is 9.30. The largest absolute Gasteiger partial charge is 0.368 e. The Morgan fingerprint density at radius 1 is 1.17 bits per heavy atom. The van der Waals surface area contributed by atoms with E-state index in [9.17, 15) is 4.79 Å². The molecule has 1 aliphatic carbocycles. The highest BCUT2D eigenvalue weighted by atomic mass is 16.5. The van der Waals surface area contributed by atoms with Crippen molar-refractivity contribution < 1.29 is 9.53 Å². The predicted molar refractivity (Wildman–Crippen MR) is 92.5 cm³/mol. The number of rotatable bonds is 5. The van der Waals surface area contributed by atoms with Crippen molar-refractivity contribution in [3.8, 4) is 0 Å². The third-order valence-corrected chi connectivity index (χ3v) is 5.10. The van der Waals surface area contributed by atoms with Crippen molar-refractivity contribution >= 4 is 5.91 Å². The molecule has 24 heavy (non-hydrogen) atoms. The lowest BCUT2D eigenvalue weighted by Gasteiger charge is -2.25. The van der Waals surface area contributed by atoms with Crippen molar-refractivity contribution in [2.45, 2.75) is 51.2 Å². The summed E-state index contributed by atoms with van der Waals surface area (Å²) in [5, 5.41) is 4.23. The molecular formula is C18H30N4O2. The van der Waals surface area contributed by atoms with E-state index in [4.69, 9.17) is 4.74 Å². The Hall–Kier alpha value is -1.40. The SMILES string of the molecule is Cn1cc(CN2CCCN(C(=O)COC3CCCCC3)CC2)cn1. The molecule has 0 unspecified atom stereocenters. The molecule has 2 fully saturated rings. The number of carbonyl (C=O) groups excluding carboxylic acids is 1. The van der Waals surface area contributed by atoms with Gasteiger partial charge in [-0.25, -0.2) is 0 Å². The van der Waals surface area contributed by atoms with Crippen LogP contribution in [-0.2, 0) is 23.1 Å². The highest BCUT2D eigenvalue weighted by Crippen LogP contribution is 2.20. The van der Waals surface area contributed by atoms with E-state index in [0.717, 1.165) is 52.0 Å². The second kappa shape index (κ2) is 8.62. The van der Waals surface area contributed by atoms with Gasteiger partial charge >= 0.3 is 0 Å². The maximum atomic E-state index is 12.4. The van der Waals surface area contributed by atoms with Gasteiger partial charge in [-0.15, -0.1) is 0 Å². The molecule has 0 spiro atoms. The van der Waals surface area contributed by atoms with Crippen LogP contribution in [0.1, 0.15) is 44.1 Å². The van der Waals surface area contributed by atoms with Crippen molar-refractivity contribution in [2.75, 3.05) is 32.8 Å².